The molecule has 30 heavy (non-hydrogen) atoms. The minimum Gasteiger partial charge on any atom is -0.398 e. The summed E-state index contributed by atoms with van der Waals surface area (Å²) in [6.07, 6.45) is 2.69. The third-order valence-electron chi connectivity index (χ3n) is 4.77. The molecule has 2 aromatic carbocycles. The van der Waals surface area contributed by atoms with Gasteiger partial charge in [-0.05, 0) is 36.2 Å². The Labute approximate surface area is 172 Å². The molecule has 0 fully saturated rings. The maximum atomic E-state index is 13.9. The van der Waals surface area contributed by atoms with Gasteiger partial charge in [-0.25, -0.2) is 8.78 Å². The van der Waals surface area contributed by atoms with Crippen molar-refractivity contribution in [2.45, 2.75) is 19.0 Å². The Balaban J connectivity index is 2.18. The van der Waals surface area contributed by atoms with Crippen molar-refractivity contribution < 1.29 is 18.4 Å². The molecular formula is C22H20F2N4O2. The number of primary amides is 1. The number of nitrogens with two attached hydrogens (primary N) is 2. The molecule has 0 radical (unpaired) electrons. The molecule has 0 aliphatic carbocycles. The molecular weight excluding hydrogens is 390 g/mol. The summed E-state index contributed by atoms with van der Waals surface area (Å²) in [6, 6.07) is 10.7. The van der Waals surface area contributed by atoms with E-state index in [0.29, 0.717) is 5.56 Å². The highest BCUT2D eigenvalue weighted by Crippen LogP contribution is 2.33. The second-order valence-electron chi connectivity index (χ2n) is 6.77. The van der Waals surface area contributed by atoms with Crippen LogP contribution in [-0.4, -0.2) is 21.7 Å². The maximum absolute atomic E-state index is 13.9. The average molecular weight is 410 g/mol. The van der Waals surface area contributed by atoms with Gasteiger partial charge in [0.25, 0.3) is 5.91 Å². The van der Waals surface area contributed by atoms with Gasteiger partial charge < -0.3 is 16.4 Å². The largest absolute Gasteiger partial charge is 0.398 e. The van der Waals surface area contributed by atoms with Gasteiger partial charge in [0.05, 0.1) is 11.6 Å². The number of benzene rings is 2. The van der Waals surface area contributed by atoms with E-state index in [-0.39, 0.29) is 16.8 Å². The molecule has 6 nitrogen and oxygen atoms in total. The van der Waals surface area contributed by atoms with E-state index in [9.17, 15) is 18.4 Å². The fourth-order valence-electron chi connectivity index (χ4n) is 3.31. The van der Waals surface area contributed by atoms with Crippen LogP contribution < -0.4 is 11.5 Å². The lowest BCUT2D eigenvalue weighted by Crippen LogP contribution is -2.43. The van der Waals surface area contributed by atoms with Crippen molar-refractivity contribution >= 4 is 17.5 Å². The lowest BCUT2D eigenvalue weighted by Gasteiger charge is -2.35. The molecule has 4 N–H and O–H groups in total. The quantitative estimate of drug-likeness (QED) is 0.650. The molecule has 154 valence electrons. The second kappa shape index (κ2) is 8.69. The molecule has 0 bridgehead atoms. The first-order valence-corrected chi connectivity index (χ1v) is 9.12. The number of amides is 2. The highest BCUT2D eigenvalue weighted by Gasteiger charge is 2.35. The van der Waals surface area contributed by atoms with Crippen molar-refractivity contribution in [2.75, 3.05) is 5.73 Å². The Bertz CT molecular complexity index is 1060. The van der Waals surface area contributed by atoms with Crippen LogP contribution in [0.3, 0.4) is 0 Å². The third kappa shape index (κ3) is 4.27. The fourth-order valence-corrected chi connectivity index (χ4v) is 3.31. The van der Waals surface area contributed by atoms with Gasteiger partial charge in [-0.2, -0.15) is 0 Å². The van der Waals surface area contributed by atoms with E-state index in [1.165, 1.54) is 23.4 Å². The Hall–Kier alpha value is -3.81. The van der Waals surface area contributed by atoms with E-state index in [2.05, 4.69) is 4.98 Å². The number of hydrogen-bond acceptors (Lipinski definition) is 4. The van der Waals surface area contributed by atoms with Gasteiger partial charge in [0.2, 0.25) is 5.91 Å². The first-order valence-electron chi connectivity index (χ1n) is 9.12. The molecule has 0 saturated heterocycles. The number of rotatable bonds is 6. The van der Waals surface area contributed by atoms with E-state index in [1.807, 2.05) is 0 Å². The van der Waals surface area contributed by atoms with Crippen molar-refractivity contribution in [3.8, 4) is 0 Å². The van der Waals surface area contributed by atoms with Crippen LogP contribution in [0.2, 0.25) is 0 Å². The van der Waals surface area contributed by atoms with Crippen LogP contribution in [0.5, 0.6) is 0 Å². The van der Waals surface area contributed by atoms with E-state index < -0.39 is 35.5 Å². The van der Waals surface area contributed by atoms with Crippen molar-refractivity contribution in [2.24, 2.45) is 5.73 Å². The molecule has 1 aromatic heterocycles. The van der Waals surface area contributed by atoms with Gasteiger partial charge in [-0.3, -0.25) is 14.6 Å². The highest BCUT2D eigenvalue weighted by molar-refractivity contribution is 6.01. The van der Waals surface area contributed by atoms with Crippen molar-refractivity contribution in [3.05, 3.63) is 95.3 Å². The minimum atomic E-state index is -1.21. The van der Waals surface area contributed by atoms with Gasteiger partial charge in [0, 0.05) is 24.1 Å². The summed E-state index contributed by atoms with van der Waals surface area (Å²) in [7, 11) is 0. The summed E-state index contributed by atoms with van der Waals surface area (Å²) in [6.45, 7) is 1.55. The van der Waals surface area contributed by atoms with Crippen molar-refractivity contribution in [3.63, 3.8) is 0 Å². The number of carbonyl (C=O) groups excluding carboxylic acids is 2. The molecule has 2 atom stereocenters. The number of hydrogen-bond donors (Lipinski definition) is 2. The number of halogens is 2. The Morgan fingerprint density at radius 1 is 1.00 bits per heavy atom. The number of aromatic nitrogens is 1. The van der Waals surface area contributed by atoms with Crippen LogP contribution in [0.25, 0.3) is 0 Å². The zero-order chi connectivity index (χ0) is 21.8. The normalized spacial score (nSPS) is 12.8. The summed E-state index contributed by atoms with van der Waals surface area (Å²) in [5, 5.41) is 0. The molecule has 0 spiro atoms. The van der Waals surface area contributed by atoms with Crippen LogP contribution in [0.4, 0.5) is 14.5 Å². The number of carbonyl (C=O) groups is 2. The molecule has 3 rings (SSSR count). The molecule has 3 aromatic rings. The van der Waals surface area contributed by atoms with Crippen LogP contribution >= 0.6 is 0 Å². The number of nitrogens with zero attached hydrogens (tertiary/aromatic N) is 2. The zero-order valence-corrected chi connectivity index (χ0v) is 16.1. The zero-order valence-electron chi connectivity index (χ0n) is 16.1. The van der Waals surface area contributed by atoms with E-state index in [4.69, 9.17) is 11.5 Å². The first kappa shape index (κ1) is 20.9. The van der Waals surface area contributed by atoms with Crippen molar-refractivity contribution in [1.29, 1.82) is 0 Å². The fraction of sp³-hybridized carbons (Fsp3) is 0.136. The number of pyridine rings is 1. The second-order valence-corrected chi connectivity index (χ2v) is 6.77. The van der Waals surface area contributed by atoms with Gasteiger partial charge in [-0.15, -0.1) is 0 Å². The van der Waals surface area contributed by atoms with Gasteiger partial charge in [0.15, 0.2) is 0 Å². The Morgan fingerprint density at radius 2 is 1.63 bits per heavy atom. The smallest absolute Gasteiger partial charge is 0.258 e. The molecule has 0 aliphatic heterocycles. The van der Waals surface area contributed by atoms with Gasteiger partial charge in [0.1, 0.15) is 17.7 Å². The monoisotopic (exact) mass is 410 g/mol. The van der Waals surface area contributed by atoms with E-state index in [1.54, 1.807) is 37.3 Å². The lowest BCUT2D eigenvalue weighted by atomic mass is 9.98. The topological polar surface area (TPSA) is 102 Å². The first-order chi connectivity index (χ1) is 14.3. The summed E-state index contributed by atoms with van der Waals surface area (Å²) in [5.74, 6) is -3.06. The predicted molar refractivity (Wildman–Crippen MR) is 108 cm³/mol. The maximum Gasteiger partial charge on any atom is 0.258 e. The number of anilines is 1. The minimum absolute atomic E-state index is 0.0448. The standard InChI is InChI=1S/C22H20F2N4O2/c1-13(15-9-16(23)11-17(24)10-15)28(22(30)18-12-27-8-7-19(18)25)20(21(26)29)14-5-3-2-4-6-14/h2-13,20H,1H3,(H2,25,27)(H2,26,29)/t13-,20-/m1/s1. The Kier molecular flexibility index (Phi) is 6.06. The summed E-state index contributed by atoms with van der Waals surface area (Å²) < 4.78 is 27.7. The van der Waals surface area contributed by atoms with Crippen LogP contribution in [0, 0.1) is 11.6 Å². The Morgan fingerprint density at radius 3 is 2.20 bits per heavy atom. The third-order valence-corrected chi connectivity index (χ3v) is 4.77. The van der Waals surface area contributed by atoms with Crippen LogP contribution in [0.1, 0.15) is 40.5 Å². The average Bonchev–Trinajstić information content (AvgIpc) is 2.71. The molecule has 8 heteroatoms. The molecule has 0 saturated carbocycles. The summed E-state index contributed by atoms with van der Waals surface area (Å²) in [4.78, 5) is 31.0. The van der Waals surface area contributed by atoms with Gasteiger partial charge in [-0.1, -0.05) is 30.3 Å². The van der Waals surface area contributed by atoms with Crippen LogP contribution in [-0.2, 0) is 4.79 Å². The molecule has 2 amide bonds. The van der Waals surface area contributed by atoms with E-state index in [0.717, 1.165) is 18.2 Å². The van der Waals surface area contributed by atoms with Gasteiger partial charge >= 0.3 is 0 Å². The number of nitrogen functional groups attached to an aromatic ring is 1. The van der Waals surface area contributed by atoms with Crippen LogP contribution in [0.15, 0.2) is 67.0 Å². The van der Waals surface area contributed by atoms with E-state index >= 15 is 0 Å². The summed E-state index contributed by atoms with van der Waals surface area (Å²) >= 11 is 0. The summed E-state index contributed by atoms with van der Waals surface area (Å²) in [5.41, 5.74) is 12.4. The lowest BCUT2D eigenvalue weighted by molar-refractivity contribution is -0.123. The highest BCUT2D eigenvalue weighted by atomic mass is 19.1. The molecule has 0 aliphatic rings. The van der Waals surface area contributed by atoms with Crippen molar-refractivity contribution in [1.82, 2.24) is 9.88 Å². The SMILES string of the molecule is C[C@H](c1cc(F)cc(F)c1)N(C(=O)c1cnccc1N)[C@@H](C(N)=O)c1ccccc1. The molecule has 0 unspecified atom stereocenters. The predicted octanol–water partition coefficient (Wildman–Crippen LogP) is 3.37. The molecule has 1 heterocycles.